The lowest BCUT2D eigenvalue weighted by Gasteiger charge is -2.32. The number of carbonyl (C=O) groups excluding carboxylic acids is 2. The predicted molar refractivity (Wildman–Crippen MR) is 125 cm³/mol. The molecule has 0 spiro atoms. The molecule has 2 aliphatic heterocycles. The Morgan fingerprint density at radius 3 is 2.52 bits per heavy atom. The molecular weight excluding hydrogens is 416 g/mol. The van der Waals surface area contributed by atoms with E-state index in [1.54, 1.807) is 4.90 Å². The molecule has 3 heterocycles. The summed E-state index contributed by atoms with van der Waals surface area (Å²) in [5.74, 6) is 1.22. The molecule has 1 atom stereocenters. The van der Waals surface area contributed by atoms with Gasteiger partial charge in [-0.3, -0.25) is 9.59 Å². The Labute approximate surface area is 193 Å². The Hall–Kier alpha value is -3.48. The van der Waals surface area contributed by atoms with Gasteiger partial charge < -0.3 is 14.3 Å². The van der Waals surface area contributed by atoms with E-state index >= 15 is 0 Å². The summed E-state index contributed by atoms with van der Waals surface area (Å²) in [6.45, 7) is 5.84. The van der Waals surface area contributed by atoms with Crippen LogP contribution in [-0.2, 0) is 9.59 Å². The maximum absolute atomic E-state index is 13.2. The number of piperidine rings is 1. The van der Waals surface area contributed by atoms with E-state index in [1.165, 1.54) is 5.56 Å². The lowest BCUT2D eigenvalue weighted by atomic mass is 9.95. The number of amides is 2. The van der Waals surface area contributed by atoms with Gasteiger partial charge in [0.05, 0.1) is 5.92 Å². The van der Waals surface area contributed by atoms with Crippen LogP contribution in [0.5, 0.6) is 0 Å². The third kappa shape index (κ3) is 4.27. The van der Waals surface area contributed by atoms with Crippen molar-refractivity contribution in [1.82, 2.24) is 15.0 Å². The summed E-state index contributed by atoms with van der Waals surface area (Å²) in [7, 11) is 0. The molecule has 3 aromatic rings. The van der Waals surface area contributed by atoms with Crippen LogP contribution in [0.3, 0.4) is 0 Å². The molecule has 1 aromatic heterocycles. The van der Waals surface area contributed by atoms with E-state index in [4.69, 9.17) is 4.52 Å². The summed E-state index contributed by atoms with van der Waals surface area (Å²) >= 11 is 0. The van der Waals surface area contributed by atoms with Crippen LogP contribution in [0.25, 0.3) is 11.5 Å². The van der Waals surface area contributed by atoms with Crippen LogP contribution in [0.1, 0.15) is 42.1 Å². The van der Waals surface area contributed by atoms with E-state index in [0.29, 0.717) is 31.3 Å². The van der Waals surface area contributed by atoms with E-state index in [9.17, 15) is 9.59 Å². The first kappa shape index (κ1) is 21.4. The van der Waals surface area contributed by atoms with E-state index in [2.05, 4.69) is 17.1 Å². The minimum absolute atomic E-state index is 0.0201. The summed E-state index contributed by atoms with van der Waals surface area (Å²) < 4.78 is 5.46. The highest BCUT2D eigenvalue weighted by Crippen LogP contribution is 2.31. The number of rotatable bonds is 4. The molecule has 0 N–H and O–H groups in total. The maximum Gasteiger partial charge on any atom is 0.257 e. The van der Waals surface area contributed by atoms with Gasteiger partial charge in [-0.05, 0) is 62.1 Å². The van der Waals surface area contributed by atoms with Gasteiger partial charge in [0.2, 0.25) is 11.8 Å². The van der Waals surface area contributed by atoms with Crippen LogP contribution in [0.4, 0.5) is 5.69 Å². The molecule has 2 saturated heterocycles. The SMILES string of the molecule is Cc1ccc(N2C[C@@H](C(=O)N3CCC(c4noc(-c5ccccc5)n4)CC3)CC2=O)cc1C. The highest BCUT2D eigenvalue weighted by atomic mass is 16.5. The first-order chi connectivity index (χ1) is 16.0. The van der Waals surface area contributed by atoms with Crippen molar-refractivity contribution in [3.8, 4) is 11.5 Å². The van der Waals surface area contributed by atoms with Crippen molar-refractivity contribution < 1.29 is 14.1 Å². The lowest BCUT2D eigenvalue weighted by Crippen LogP contribution is -2.42. The minimum atomic E-state index is -0.287. The van der Waals surface area contributed by atoms with Crippen molar-refractivity contribution >= 4 is 17.5 Å². The standard InChI is InChI=1S/C26H28N4O3/c1-17-8-9-22(14-18(17)2)30-16-21(15-23(30)31)26(32)29-12-10-19(11-13-29)24-27-25(33-28-24)20-6-4-3-5-7-20/h3-9,14,19,21H,10-13,15-16H2,1-2H3/t21-/m0/s1. The number of carbonyl (C=O) groups is 2. The normalized spacial score (nSPS) is 19.3. The zero-order valence-corrected chi connectivity index (χ0v) is 19.0. The van der Waals surface area contributed by atoms with Gasteiger partial charge >= 0.3 is 0 Å². The van der Waals surface area contributed by atoms with Crippen molar-refractivity contribution in [3.63, 3.8) is 0 Å². The topological polar surface area (TPSA) is 79.5 Å². The van der Waals surface area contributed by atoms with E-state index in [-0.39, 0.29) is 30.1 Å². The fourth-order valence-corrected chi connectivity index (χ4v) is 4.73. The van der Waals surface area contributed by atoms with E-state index < -0.39 is 0 Å². The summed E-state index contributed by atoms with van der Waals surface area (Å²) in [4.78, 5) is 34.1. The number of hydrogen-bond acceptors (Lipinski definition) is 5. The largest absolute Gasteiger partial charge is 0.342 e. The van der Waals surface area contributed by atoms with Crippen LogP contribution in [0, 0.1) is 19.8 Å². The van der Waals surface area contributed by atoms with Gasteiger partial charge in [-0.2, -0.15) is 4.98 Å². The second-order valence-electron chi connectivity index (χ2n) is 9.10. The molecule has 33 heavy (non-hydrogen) atoms. The minimum Gasteiger partial charge on any atom is -0.342 e. The Balaban J connectivity index is 1.19. The lowest BCUT2D eigenvalue weighted by molar-refractivity contribution is -0.136. The van der Waals surface area contributed by atoms with Crippen molar-refractivity contribution in [3.05, 3.63) is 65.5 Å². The highest BCUT2D eigenvalue weighted by Gasteiger charge is 2.38. The van der Waals surface area contributed by atoms with Gasteiger partial charge in [0.15, 0.2) is 5.82 Å². The molecule has 0 unspecified atom stereocenters. The first-order valence-electron chi connectivity index (χ1n) is 11.5. The highest BCUT2D eigenvalue weighted by molar-refractivity contribution is 6.00. The fourth-order valence-electron chi connectivity index (χ4n) is 4.73. The van der Waals surface area contributed by atoms with Crippen LogP contribution in [0.2, 0.25) is 0 Å². The molecule has 0 aliphatic carbocycles. The molecular formula is C26H28N4O3. The van der Waals surface area contributed by atoms with E-state index in [1.807, 2.05) is 60.4 Å². The average molecular weight is 445 g/mol. The van der Waals surface area contributed by atoms with Crippen molar-refractivity contribution in [2.24, 2.45) is 5.92 Å². The number of hydrogen-bond donors (Lipinski definition) is 0. The van der Waals surface area contributed by atoms with Crippen LogP contribution in [-0.4, -0.2) is 46.5 Å². The summed E-state index contributed by atoms with van der Waals surface area (Å²) in [5, 5.41) is 4.19. The molecule has 5 rings (SSSR count). The molecule has 2 amide bonds. The molecule has 0 radical (unpaired) electrons. The third-order valence-electron chi connectivity index (χ3n) is 6.91. The van der Waals surface area contributed by atoms with Crippen LogP contribution < -0.4 is 4.90 Å². The second kappa shape index (κ2) is 8.81. The maximum atomic E-state index is 13.2. The van der Waals surface area contributed by atoms with Gasteiger partial charge in [0.1, 0.15) is 0 Å². The molecule has 170 valence electrons. The average Bonchev–Trinajstić information content (AvgIpc) is 3.49. The Bertz CT molecular complexity index is 1170. The van der Waals surface area contributed by atoms with Crippen molar-refractivity contribution in [1.29, 1.82) is 0 Å². The molecule has 7 nitrogen and oxygen atoms in total. The van der Waals surface area contributed by atoms with Gasteiger partial charge in [-0.15, -0.1) is 0 Å². The predicted octanol–water partition coefficient (Wildman–Crippen LogP) is 4.11. The number of likely N-dealkylation sites (tertiary alicyclic amines) is 1. The zero-order chi connectivity index (χ0) is 22.9. The fraction of sp³-hybridized carbons (Fsp3) is 0.385. The summed E-state index contributed by atoms with van der Waals surface area (Å²) in [5.41, 5.74) is 4.12. The summed E-state index contributed by atoms with van der Waals surface area (Å²) in [6.07, 6.45) is 1.86. The number of anilines is 1. The Morgan fingerprint density at radius 1 is 1.03 bits per heavy atom. The molecule has 0 bridgehead atoms. The molecule has 2 aromatic carbocycles. The number of aryl methyl sites for hydroxylation is 2. The monoisotopic (exact) mass is 444 g/mol. The van der Waals surface area contributed by atoms with Crippen molar-refractivity contribution in [2.75, 3.05) is 24.5 Å². The second-order valence-corrected chi connectivity index (χ2v) is 9.10. The van der Waals surface area contributed by atoms with Gasteiger partial charge in [-0.1, -0.05) is 29.4 Å². The van der Waals surface area contributed by atoms with Gasteiger partial charge in [-0.25, -0.2) is 0 Å². The molecule has 2 fully saturated rings. The van der Waals surface area contributed by atoms with Crippen LogP contribution in [0.15, 0.2) is 53.1 Å². The first-order valence-corrected chi connectivity index (χ1v) is 11.5. The molecule has 2 aliphatic rings. The number of aromatic nitrogens is 2. The quantitative estimate of drug-likeness (QED) is 0.605. The van der Waals surface area contributed by atoms with Crippen molar-refractivity contribution in [2.45, 2.75) is 39.0 Å². The Morgan fingerprint density at radius 2 is 1.79 bits per heavy atom. The van der Waals surface area contributed by atoms with Gasteiger partial charge in [0.25, 0.3) is 5.89 Å². The summed E-state index contributed by atoms with van der Waals surface area (Å²) in [6, 6.07) is 15.8. The number of benzene rings is 2. The van der Waals surface area contributed by atoms with Crippen LogP contribution >= 0.6 is 0 Å². The van der Waals surface area contributed by atoms with Gasteiger partial charge in [0, 0.05) is 43.2 Å². The number of nitrogens with zero attached hydrogens (tertiary/aromatic N) is 4. The zero-order valence-electron chi connectivity index (χ0n) is 19.0. The molecule has 0 saturated carbocycles. The third-order valence-corrected chi connectivity index (χ3v) is 6.91. The van der Waals surface area contributed by atoms with E-state index in [0.717, 1.165) is 29.7 Å². The molecule has 7 heteroatoms. The Kier molecular flexibility index (Phi) is 5.70. The smallest absolute Gasteiger partial charge is 0.257 e.